The van der Waals surface area contributed by atoms with E-state index in [0.717, 1.165) is 10.6 Å². The van der Waals surface area contributed by atoms with E-state index in [9.17, 15) is 9.59 Å². The lowest BCUT2D eigenvalue weighted by Crippen LogP contribution is -2.43. The van der Waals surface area contributed by atoms with E-state index in [1.807, 2.05) is 35.7 Å². The van der Waals surface area contributed by atoms with Crippen molar-refractivity contribution in [2.24, 2.45) is 5.92 Å². The number of nitrogens with zero attached hydrogens (tertiary/aromatic N) is 2. The normalized spacial score (nSPS) is 16.6. The zero-order chi connectivity index (χ0) is 16.9. The van der Waals surface area contributed by atoms with E-state index in [2.05, 4.69) is 10.3 Å². The fourth-order valence-electron chi connectivity index (χ4n) is 3.01. The molecule has 2 aromatic heterocycles. The number of rotatable bonds is 4. The van der Waals surface area contributed by atoms with Gasteiger partial charge in [-0.1, -0.05) is 12.1 Å². The quantitative estimate of drug-likeness (QED) is 0.928. The molecule has 1 N–H and O–H groups in total. The summed E-state index contributed by atoms with van der Waals surface area (Å²) in [4.78, 5) is 31.4. The maximum atomic E-state index is 12.7. The summed E-state index contributed by atoms with van der Waals surface area (Å²) in [5.74, 6) is 0.0767. The second kappa shape index (κ2) is 7.57. The fraction of sp³-hybridized carbons (Fsp3) is 0.389. The maximum Gasteiger partial charge on any atom is 0.224 e. The highest BCUT2D eigenvalue weighted by Gasteiger charge is 2.28. The molecule has 126 valence electrons. The van der Waals surface area contributed by atoms with Crippen LogP contribution in [-0.4, -0.2) is 34.8 Å². The standard InChI is InChI=1S/C18H21N3O2S/c1-13(22)21-10-7-14(8-11-21)18(23)20-17(16-6-4-12-24-16)15-5-2-3-9-19-15/h2-6,9,12,14,17H,7-8,10-11H2,1H3,(H,20,23). The number of piperidine rings is 1. The summed E-state index contributed by atoms with van der Waals surface area (Å²) < 4.78 is 0. The maximum absolute atomic E-state index is 12.7. The summed E-state index contributed by atoms with van der Waals surface area (Å²) in [6.07, 6.45) is 3.17. The zero-order valence-electron chi connectivity index (χ0n) is 13.6. The Kier molecular flexibility index (Phi) is 5.25. The summed E-state index contributed by atoms with van der Waals surface area (Å²) in [6, 6.07) is 9.51. The van der Waals surface area contributed by atoms with Gasteiger partial charge in [-0.15, -0.1) is 11.3 Å². The van der Waals surface area contributed by atoms with E-state index in [4.69, 9.17) is 0 Å². The van der Waals surface area contributed by atoms with Gasteiger partial charge in [-0.05, 0) is 36.4 Å². The number of carbonyl (C=O) groups is 2. The Hall–Kier alpha value is -2.21. The number of aromatic nitrogens is 1. The molecular formula is C18H21N3O2S. The molecule has 1 aliphatic heterocycles. The molecule has 0 bridgehead atoms. The number of amides is 2. The molecule has 3 heterocycles. The molecule has 6 heteroatoms. The van der Waals surface area contributed by atoms with Crippen molar-refractivity contribution in [2.45, 2.75) is 25.8 Å². The molecule has 3 rings (SSSR count). The predicted molar refractivity (Wildman–Crippen MR) is 93.5 cm³/mol. The van der Waals surface area contributed by atoms with Crippen LogP contribution < -0.4 is 5.32 Å². The second-order valence-electron chi connectivity index (χ2n) is 5.99. The molecule has 0 saturated carbocycles. The Bertz CT molecular complexity index is 680. The molecule has 1 fully saturated rings. The Balaban J connectivity index is 1.70. The van der Waals surface area contributed by atoms with Crippen LogP contribution >= 0.6 is 11.3 Å². The van der Waals surface area contributed by atoms with Gasteiger partial charge in [-0.25, -0.2) is 0 Å². The highest BCUT2D eigenvalue weighted by atomic mass is 32.1. The summed E-state index contributed by atoms with van der Waals surface area (Å²) in [6.45, 7) is 2.88. The molecule has 0 aliphatic carbocycles. The first kappa shape index (κ1) is 16.6. The van der Waals surface area contributed by atoms with Crippen molar-refractivity contribution in [1.29, 1.82) is 0 Å². The SMILES string of the molecule is CC(=O)N1CCC(C(=O)NC(c2ccccn2)c2cccs2)CC1. The van der Waals surface area contributed by atoms with Gasteiger partial charge >= 0.3 is 0 Å². The van der Waals surface area contributed by atoms with Crippen LogP contribution in [0.3, 0.4) is 0 Å². The number of hydrogen-bond acceptors (Lipinski definition) is 4. The van der Waals surface area contributed by atoms with Crippen molar-refractivity contribution in [3.05, 3.63) is 52.5 Å². The van der Waals surface area contributed by atoms with Crippen molar-refractivity contribution in [2.75, 3.05) is 13.1 Å². The molecule has 1 saturated heterocycles. The average molecular weight is 343 g/mol. The monoisotopic (exact) mass is 343 g/mol. The van der Waals surface area contributed by atoms with E-state index < -0.39 is 0 Å². The topological polar surface area (TPSA) is 62.3 Å². The third kappa shape index (κ3) is 3.82. The van der Waals surface area contributed by atoms with E-state index in [1.54, 1.807) is 29.4 Å². The van der Waals surface area contributed by atoms with Gasteiger partial charge in [0.1, 0.15) is 6.04 Å². The molecule has 5 nitrogen and oxygen atoms in total. The van der Waals surface area contributed by atoms with Crippen LogP contribution in [-0.2, 0) is 9.59 Å². The Morgan fingerprint density at radius 3 is 2.62 bits per heavy atom. The number of thiophene rings is 1. The molecule has 1 atom stereocenters. The van der Waals surface area contributed by atoms with E-state index in [0.29, 0.717) is 25.9 Å². The number of carbonyl (C=O) groups excluding carboxylic acids is 2. The smallest absolute Gasteiger partial charge is 0.224 e. The number of hydrogen-bond donors (Lipinski definition) is 1. The summed E-state index contributed by atoms with van der Waals surface area (Å²) in [5, 5.41) is 5.16. The molecule has 0 radical (unpaired) electrons. The molecule has 1 aliphatic rings. The lowest BCUT2D eigenvalue weighted by molar-refractivity contribution is -0.134. The summed E-state index contributed by atoms with van der Waals surface area (Å²) in [7, 11) is 0. The van der Waals surface area contributed by atoms with E-state index in [-0.39, 0.29) is 23.8 Å². The summed E-state index contributed by atoms with van der Waals surface area (Å²) >= 11 is 1.61. The van der Waals surface area contributed by atoms with E-state index >= 15 is 0 Å². The lowest BCUT2D eigenvalue weighted by atomic mass is 9.95. The van der Waals surface area contributed by atoms with Crippen LogP contribution in [0.4, 0.5) is 0 Å². The van der Waals surface area contributed by atoms with Crippen LogP contribution in [0.25, 0.3) is 0 Å². The first-order valence-corrected chi connectivity index (χ1v) is 9.03. The van der Waals surface area contributed by atoms with Gasteiger partial charge in [0, 0.05) is 37.0 Å². The largest absolute Gasteiger partial charge is 0.343 e. The highest BCUT2D eigenvalue weighted by molar-refractivity contribution is 7.10. The molecular weight excluding hydrogens is 322 g/mol. The van der Waals surface area contributed by atoms with Crippen molar-refractivity contribution in [3.8, 4) is 0 Å². The Morgan fingerprint density at radius 1 is 1.25 bits per heavy atom. The summed E-state index contributed by atoms with van der Waals surface area (Å²) in [5.41, 5.74) is 0.842. The molecule has 0 aromatic carbocycles. The fourth-order valence-corrected chi connectivity index (χ4v) is 3.80. The Morgan fingerprint density at radius 2 is 2.04 bits per heavy atom. The minimum atomic E-state index is -0.218. The van der Waals surface area contributed by atoms with Gasteiger partial charge in [-0.2, -0.15) is 0 Å². The van der Waals surface area contributed by atoms with Crippen LogP contribution in [0.1, 0.15) is 36.4 Å². The van der Waals surface area contributed by atoms with Crippen LogP contribution in [0.2, 0.25) is 0 Å². The highest BCUT2D eigenvalue weighted by Crippen LogP contribution is 2.26. The van der Waals surface area contributed by atoms with Crippen molar-refractivity contribution >= 4 is 23.2 Å². The van der Waals surface area contributed by atoms with Crippen LogP contribution in [0.15, 0.2) is 41.9 Å². The van der Waals surface area contributed by atoms with Crippen molar-refractivity contribution < 1.29 is 9.59 Å². The second-order valence-corrected chi connectivity index (χ2v) is 6.97. The van der Waals surface area contributed by atoms with Crippen LogP contribution in [0, 0.1) is 5.92 Å². The zero-order valence-corrected chi connectivity index (χ0v) is 14.5. The first-order valence-electron chi connectivity index (χ1n) is 8.15. The third-order valence-corrected chi connectivity index (χ3v) is 5.35. The van der Waals surface area contributed by atoms with Gasteiger partial charge in [0.05, 0.1) is 5.69 Å². The minimum Gasteiger partial charge on any atom is -0.343 e. The van der Waals surface area contributed by atoms with Gasteiger partial charge in [0.25, 0.3) is 0 Å². The lowest BCUT2D eigenvalue weighted by Gasteiger charge is -2.31. The Labute approximate surface area is 145 Å². The third-order valence-electron chi connectivity index (χ3n) is 4.41. The molecule has 24 heavy (non-hydrogen) atoms. The van der Waals surface area contributed by atoms with Gasteiger partial charge < -0.3 is 10.2 Å². The predicted octanol–water partition coefficient (Wildman–Crippen LogP) is 2.61. The first-order chi connectivity index (χ1) is 11.6. The number of likely N-dealkylation sites (tertiary alicyclic amines) is 1. The van der Waals surface area contributed by atoms with Gasteiger partial charge in [0.15, 0.2) is 0 Å². The van der Waals surface area contributed by atoms with E-state index in [1.165, 1.54) is 0 Å². The number of nitrogens with one attached hydrogen (secondary N) is 1. The molecule has 0 spiro atoms. The average Bonchev–Trinajstić information content (AvgIpc) is 3.14. The van der Waals surface area contributed by atoms with Gasteiger partial charge in [0.2, 0.25) is 11.8 Å². The van der Waals surface area contributed by atoms with Gasteiger partial charge in [-0.3, -0.25) is 14.6 Å². The molecule has 1 unspecified atom stereocenters. The van der Waals surface area contributed by atoms with Crippen molar-refractivity contribution in [1.82, 2.24) is 15.2 Å². The molecule has 2 aromatic rings. The van der Waals surface area contributed by atoms with Crippen LogP contribution in [0.5, 0.6) is 0 Å². The minimum absolute atomic E-state index is 0.0438. The molecule has 2 amide bonds. The number of pyridine rings is 1. The van der Waals surface area contributed by atoms with Crippen molar-refractivity contribution in [3.63, 3.8) is 0 Å².